The number of unbranched alkanes of at least 4 members (excludes halogenated alkanes) is 1. The van der Waals surface area contributed by atoms with Crippen LogP contribution in [0.25, 0.3) is 11.3 Å². The van der Waals surface area contributed by atoms with Gasteiger partial charge in [-0.1, -0.05) is 29.8 Å². The van der Waals surface area contributed by atoms with Gasteiger partial charge in [-0.25, -0.2) is 19.2 Å². The van der Waals surface area contributed by atoms with Crippen LogP contribution in [-0.4, -0.2) is 128 Å². The van der Waals surface area contributed by atoms with E-state index in [-0.39, 0.29) is 67.2 Å². The Labute approximate surface area is 342 Å². The van der Waals surface area contributed by atoms with Crippen LogP contribution in [-0.2, 0) is 25.7 Å². The van der Waals surface area contributed by atoms with Crippen LogP contribution in [0.5, 0.6) is 5.75 Å². The highest BCUT2D eigenvalue weighted by Crippen LogP contribution is 2.33. The first-order chi connectivity index (χ1) is 27.9. The number of para-hydroxylation sites is 1. The lowest BCUT2D eigenvalue weighted by Crippen LogP contribution is -2.49. The smallest absolute Gasteiger partial charge is 0.332 e. The number of fused-ring (bicyclic) bond motifs is 1. The molecule has 3 aromatic rings. The minimum absolute atomic E-state index is 0.00892. The summed E-state index contributed by atoms with van der Waals surface area (Å²) < 4.78 is 13.9. The van der Waals surface area contributed by atoms with Crippen LogP contribution >= 0.6 is 11.8 Å². The van der Waals surface area contributed by atoms with Gasteiger partial charge in [0.25, 0.3) is 11.8 Å². The zero-order valence-electron chi connectivity index (χ0n) is 33.3. The molecule has 17 heteroatoms. The molecule has 7 rings (SSSR count). The molecular weight excluding hydrogens is 763 g/mol. The van der Waals surface area contributed by atoms with Gasteiger partial charge in [-0.2, -0.15) is 11.8 Å². The topological polar surface area (TPSA) is 180 Å². The number of rotatable bonds is 17. The van der Waals surface area contributed by atoms with Crippen molar-refractivity contribution in [2.75, 3.05) is 43.4 Å². The summed E-state index contributed by atoms with van der Waals surface area (Å²) in [4.78, 5) is 67.5. The Morgan fingerprint density at radius 1 is 1.02 bits per heavy atom. The average Bonchev–Trinajstić information content (AvgIpc) is 3.99. The van der Waals surface area contributed by atoms with Gasteiger partial charge in [0.15, 0.2) is 6.61 Å². The highest BCUT2D eigenvalue weighted by molar-refractivity contribution is 8.00. The molecule has 0 bridgehead atoms. The lowest BCUT2D eigenvalue weighted by atomic mass is 10.0. The van der Waals surface area contributed by atoms with Crippen molar-refractivity contribution < 1.29 is 33.4 Å². The van der Waals surface area contributed by atoms with E-state index in [4.69, 9.17) is 9.47 Å². The van der Waals surface area contributed by atoms with E-state index < -0.39 is 5.60 Å². The summed E-state index contributed by atoms with van der Waals surface area (Å²) in [7, 11) is 0. The number of carbonyl (C=O) groups excluding carboxylic acids is 5. The number of anilines is 1. The fraction of sp³-hybridized carbons (Fsp3) is 0.537. The van der Waals surface area contributed by atoms with E-state index >= 15 is 0 Å². The quantitative estimate of drug-likeness (QED) is 0.103. The lowest BCUT2D eigenvalue weighted by molar-refractivity contribution is -0.135. The third-order valence-corrected chi connectivity index (χ3v) is 12.6. The molecule has 0 saturated carbocycles. The van der Waals surface area contributed by atoms with Gasteiger partial charge in [-0.05, 0) is 82.9 Å². The Morgan fingerprint density at radius 2 is 1.78 bits per heavy atom. The molecule has 2 aromatic carbocycles. The van der Waals surface area contributed by atoms with Crippen LogP contribution < -0.4 is 25.6 Å². The number of thioether (sulfide) groups is 1. The Hall–Kier alpha value is -5.16. The number of carbonyl (C=O) groups is 5. The number of nitrogens with zero attached hydrogens (tertiary/aromatic N) is 6. The molecule has 0 aliphatic carbocycles. The summed E-state index contributed by atoms with van der Waals surface area (Å²) in [5, 5.41) is 18.0. The summed E-state index contributed by atoms with van der Waals surface area (Å²) in [6.07, 6.45) is 6.01. The van der Waals surface area contributed by atoms with Gasteiger partial charge in [-0.3, -0.25) is 14.4 Å². The van der Waals surface area contributed by atoms with Crippen LogP contribution in [0.4, 0.5) is 15.3 Å². The Kier molecular flexibility index (Phi) is 12.9. The highest BCUT2D eigenvalue weighted by Gasteiger charge is 2.43. The van der Waals surface area contributed by atoms with Crippen LogP contribution in [0, 0.1) is 0 Å². The van der Waals surface area contributed by atoms with Crippen molar-refractivity contribution in [2.45, 2.75) is 101 Å². The van der Waals surface area contributed by atoms with Gasteiger partial charge in [0, 0.05) is 48.7 Å². The maximum absolute atomic E-state index is 13.1. The van der Waals surface area contributed by atoms with Crippen LogP contribution in [0.2, 0.25) is 0 Å². The molecule has 58 heavy (non-hydrogen) atoms. The molecule has 310 valence electrons. The number of hydrogen-bond acceptors (Lipinski definition) is 10. The SMILES string of the molecule is CC(CNC(=O)CCCC[C@@H]1SC[C@@H]2NC(=O)N[C@@H]21)OC(C)(C)Cn1cc(-c2ccc(OCC(=O)N3CCC(N4CC(=O)N(c5ccccc5)C4=O)CC3)cc2)nn1. The molecule has 4 fully saturated rings. The fourth-order valence-corrected chi connectivity index (χ4v) is 9.71. The molecule has 1 aromatic heterocycles. The number of ether oxygens (including phenoxy) is 2. The molecule has 7 amide bonds. The minimum atomic E-state index is -0.579. The van der Waals surface area contributed by atoms with Crippen LogP contribution in [0.1, 0.15) is 59.3 Å². The van der Waals surface area contributed by atoms with Crippen molar-refractivity contribution in [3.63, 3.8) is 0 Å². The highest BCUT2D eigenvalue weighted by atomic mass is 32.2. The third-order valence-electron chi connectivity index (χ3n) is 11.0. The summed E-state index contributed by atoms with van der Waals surface area (Å²) in [5.41, 5.74) is 1.51. The van der Waals surface area contributed by atoms with E-state index in [1.165, 1.54) is 4.90 Å². The molecule has 3 N–H and O–H groups in total. The van der Waals surface area contributed by atoms with E-state index in [1.54, 1.807) is 50.9 Å². The summed E-state index contributed by atoms with van der Waals surface area (Å²) in [6, 6.07) is 16.2. The zero-order chi connectivity index (χ0) is 40.8. The molecule has 1 unspecified atom stereocenters. The summed E-state index contributed by atoms with van der Waals surface area (Å²) in [5.74, 6) is 1.12. The van der Waals surface area contributed by atoms with Crippen molar-refractivity contribution in [3.05, 3.63) is 60.8 Å². The molecule has 4 atom stereocenters. The number of urea groups is 2. The van der Waals surface area contributed by atoms with E-state index in [9.17, 15) is 24.0 Å². The first-order valence-electron chi connectivity index (χ1n) is 20.2. The Bertz CT molecular complexity index is 1940. The Balaban J connectivity index is 0.783. The largest absolute Gasteiger partial charge is 0.484 e. The van der Waals surface area contributed by atoms with Crippen molar-refractivity contribution in [1.82, 2.24) is 40.7 Å². The van der Waals surface area contributed by atoms with E-state index in [0.717, 1.165) is 30.6 Å². The third kappa shape index (κ3) is 10.1. The monoisotopic (exact) mass is 815 g/mol. The van der Waals surface area contributed by atoms with E-state index in [2.05, 4.69) is 26.3 Å². The maximum Gasteiger partial charge on any atom is 0.332 e. The van der Waals surface area contributed by atoms with Gasteiger partial charge in [0.05, 0.1) is 42.2 Å². The lowest BCUT2D eigenvalue weighted by Gasteiger charge is -2.36. The number of nitrogens with one attached hydrogen (secondary N) is 3. The minimum Gasteiger partial charge on any atom is -0.484 e. The molecule has 4 aliphatic heterocycles. The zero-order valence-corrected chi connectivity index (χ0v) is 34.1. The van der Waals surface area contributed by atoms with Gasteiger partial charge >= 0.3 is 12.1 Å². The predicted octanol–water partition coefficient (Wildman–Crippen LogP) is 3.81. The average molecular weight is 816 g/mol. The molecule has 0 spiro atoms. The number of amides is 7. The standard InChI is InChI=1S/C41H53N9O7S/c1-27(21-42-35(51)12-8-7-11-34-38-33(25-58-34)43-39(54)44-38)57-41(2,3)26-48-22-32(45-46-48)28-13-15-31(16-14-28)56-24-37(53)47-19-17-29(18-20-47)49-23-36(52)50(40(49)55)30-9-5-4-6-10-30/h4-6,9-10,13-16,22,27,29,33-34,38H,7-8,11-12,17-21,23-26H2,1-3H3,(H,42,51)(H2,43,44,54)/t27?,33-,34-,38-/m0/s1. The van der Waals surface area contributed by atoms with Crippen LogP contribution in [0.3, 0.4) is 0 Å². The first kappa shape index (κ1) is 41.0. The molecule has 5 heterocycles. The first-order valence-corrected chi connectivity index (χ1v) is 21.2. The van der Waals surface area contributed by atoms with E-state index in [0.29, 0.717) is 67.8 Å². The fourth-order valence-electron chi connectivity index (χ4n) is 8.16. The second-order valence-electron chi connectivity index (χ2n) is 16.1. The summed E-state index contributed by atoms with van der Waals surface area (Å²) >= 11 is 1.89. The Morgan fingerprint density at radius 3 is 2.53 bits per heavy atom. The van der Waals surface area contributed by atoms with Crippen LogP contribution in [0.15, 0.2) is 60.8 Å². The number of aromatic nitrogens is 3. The number of benzene rings is 2. The van der Waals surface area contributed by atoms with Gasteiger partial charge in [0.2, 0.25) is 5.91 Å². The maximum atomic E-state index is 13.1. The second-order valence-corrected chi connectivity index (χ2v) is 17.3. The molecule has 4 saturated heterocycles. The van der Waals surface area contributed by atoms with Crippen molar-refractivity contribution in [3.8, 4) is 17.0 Å². The van der Waals surface area contributed by atoms with Gasteiger partial charge in [-0.15, -0.1) is 5.10 Å². The second kappa shape index (κ2) is 18.2. The number of piperidine rings is 1. The number of imide groups is 1. The normalized spacial score (nSPS) is 21.5. The van der Waals surface area contributed by atoms with Gasteiger partial charge in [0.1, 0.15) is 18.0 Å². The molecular formula is C41H53N9O7S. The molecule has 4 aliphatic rings. The van der Waals surface area contributed by atoms with Crippen molar-refractivity contribution in [2.24, 2.45) is 0 Å². The molecule has 16 nitrogen and oxygen atoms in total. The predicted molar refractivity (Wildman–Crippen MR) is 218 cm³/mol. The van der Waals surface area contributed by atoms with E-state index in [1.807, 2.05) is 56.9 Å². The number of likely N-dealkylation sites (tertiary alicyclic amines) is 1. The summed E-state index contributed by atoms with van der Waals surface area (Å²) in [6.45, 7) is 7.64. The number of hydrogen-bond donors (Lipinski definition) is 3. The van der Waals surface area contributed by atoms with Crippen molar-refractivity contribution >= 4 is 47.2 Å². The van der Waals surface area contributed by atoms with Gasteiger partial charge < -0.3 is 35.2 Å². The molecule has 0 radical (unpaired) electrons. The van der Waals surface area contributed by atoms with Crippen molar-refractivity contribution in [1.29, 1.82) is 0 Å².